The zero-order valence-corrected chi connectivity index (χ0v) is 13.4. The minimum atomic E-state index is 0. The number of halogens is 2. The largest absolute Gasteiger partial charge is 0.327 e. The number of pyridine rings is 1. The maximum Gasteiger partial charge on any atom is 0.0544 e. The van der Waals surface area contributed by atoms with Crippen LogP contribution >= 0.6 is 28.3 Å². The molecule has 1 aromatic rings. The average molecular weight is 347 g/mol. The molecular weight excluding hydrogens is 326 g/mol. The van der Waals surface area contributed by atoms with Crippen molar-refractivity contribution < 1.29 is 0 Å². The Hall–Kier alpha value is -0.160. The van der Waals surface area contributed by atoms with Gasteiger partial charge in [-0.15, -0.1) is 12.4 Å². The monoisotopic (exact) mass is 345 g/mol. The van der Waals surface area contributed by atoms with Crippen molar-refractivity contribution in [1.29, 1.82) is 0 Å². The van der Waals surface area contributed by atoms with Crippen molar-refractivity contribution >= 4 is 28.3 Å². The summed E-state index contributed by atoms with van der Waals surface area (Å²) >= 11 is 3.42. The van der Waals surface area contributed by atoms with E-state index in [1.807, 2.05) is 6.20 Å². The number of hydrogen-bond donors (Lipinski definition) is 1. The van der Waals surface area contributed by atoms with E-state index in [0.717, 1.165) is 29.2 Å². The van der Waals surface area contributed by atoms with E-state index < -0.39 is 0 Å². The second-order valence-corrected chi connectivity index (χ2v) is 6.60. The van der Waals surface area contributed by atoms with Gasteiger partial charge >= 0.3 is 0 Å². The molecule has 19 heavy (non-hydrogen) atoms. The fourth-order valence-corrected chi connectivity index (χ4v) is 3.70. The Bertz CT molecular complexity index is 412. The highest BCUT2D eigenvalue weighted by atomic mass is 79.9. The second-order valence-electron chi connectivity index (χ2n) is 5.68. The highest BCUT2D eigenvalue weighted by Crippen LogP contribution is 2.35. The molecule has 1 saturated heterocycles. The Morgan fingerprint density at radius 2 is 2.16 bits per heavy atom. The van der Waals surface area contributed by atoms with Gasteiger partial charge in [-0.2, -0.15) is 0 Å². The van der Waals surface area contributed by atoms with Crippen molar-refractivity contribution in [3.8, 4) is 0 Å². The molecule has 2 heterocycles. The Kier molecular flexibility index (Phi) is 5.23. The molecule has 1 aliphatic carbocycles. The third-order valence-electron chi connectivity index (χ3n) is 4.40. The molecular formula is C14H21BrClN3. The van der Waals surface area contributed by atoms with Crippen LogP contribution in [0.4, 0.5) is 0 Å². The number of fused-ring (bicyclic) bond motifs is 1. The van der Waals surface area contributed by atoms with Crippen LogP contribution in [-0.2, 0) is 6.54 Å². The van der Waals surface area contributed by atoms with Crippen LogP contribution in [-0.4, -0.2) is 29.0 Å². The molecule has 0 radical (unpaired) electrons. The Labute approximate surface area is 129 Å². The molecule has 1 aliphatic heterocycles. The SMILES string of the molecule is Cl.NC1CCCC2CN(Cc3ccc(Br)cn3)CC12. The maximum absolute atomic E-state index is 6.25. The van der Waals surface area contributed by atoms with E-state index in [1.165, 1.54) is 25.8 Å². The summed E-state index contributed by atoms with van der Waals surface area (Å²) in [6, 6.07) is 4.59. The minimum Gasteiger partial charge on any atom is -0.327 e. The molecule has 0 spiro atoms. The molecule has 2 aliphatic rings. The number of aromatic nitrogens is 1. The van der Waals surface area contributed by atoms with Crippen molar-refractivity contribution in [2.45, 2.75) is 31.8 Å². The van der Waals surface area contributed by atoms with Crippen LogP contribution < -0.4 is 5.73 Å². The van der Waals surface area contributed by atoms with Crippen molar-refractivity contribution in [2.75, 3.05) is 13.1 Å². The number of nitrogens with two attached hydrogens (primary N) is 1. The zero-order valence-electron chi connectivity index (χ0n) is 11.0. The molecule has 3 atom stereocenters. The van der Waals surface area contributed by atoms with Gasteiger partial charge in [0.25, 0.3) is 0 Å². The quantitative estimate of drug-likeness (QED) is 0.895. The van der Waals surface area contributed by atoms with Crippen molar-refractivity contribution in [3.63, 3.8) is 0 Å². The van der Waals surface area contributed by atoms with Gasteiger partial charge in [0.2, 0.25) is 0 Å². The lowest BCUT2D eigenvalue weighted by atomic mass is 9.78. The van der Waals surface area contributed by atoms with Crippen LogP contribution in [0.1, 0.15) is 25.0 Å². The van der Waals surface area contributed by atoms with Crippen molar-refractivity contribution in [1.82, 2.24) is 9.88 Å². The average Bonchev–Trinajstić information content (AvgIpc) is 2.76. The Morgan fingerprint density at radius 1 is 1.32 bits per heavy atom. The van der Waals surface area contributed by atoms with E-state index in [0.29, 0.717) is 12.0 Å². The predicted molar refractivity (Wildman–Crippen MR) is 83.3 cm³/mol. The topological polar surface area (TPSA) is 42.1 Å². The van der Waals surface area contributed by atoms with Crippen LogP contribution in [0.5, 0.6) is 0 Å². The lowest BCUT2D eigenvalue weighted by molar-refractivity contribution is 0.259. The molecule has 3 unspecified atom stereocenters. The third-order valence-corrected chi connectivity index (χ3v) is 4.87. The molecule has 0 aromatic carbocycles. The second kappa shape index (κ2) is 6.53. The standard InChI is InChI=1S/C14H20BrN3.ClH/c15-11-4-5-12(17-6-11)8-18-7-10-2-1-3-14(16)13(10)9-18;/h4-6,10,13-14H,1-3,7-9,16H2;1H. The van der Waals surface area contributed by atoms with E-state index in [-0.39, 0.29) is 12.4 Å². The summed E-state index contributed by atoms with van der Waals surface area (Å²) in [7, 11) is 0. The highest BCUT2D eigenvalue weighted by molar-refractivity contribution is 9.10. The van der Waals surface area contributed by atoms with Gasteiger partial charge in [-0.05, 0) is 52.7 Å². The van der Waals surface area contributed by atoms with Gasteiger partial charge in [0.1, 0.15) is 0 Å². The molecule has 3 rings (SSSR count). The van der Waals surface area contributed by atoms with Crippen LogP contribution in [0.3, 0.4) is 0 Å². The number of nitrogens with zero attached hydrogens (tertiary/aromatic N) is 2. The van der Waals surface area contributed by atoms with Crippen LogP contribution in [0.25, 0.3) is 0 Å². The summed E-state index contributed by atoms with van der Waals surface area (Å²) in [5.41, 5.74) is 7.40. The Morgan fingerprint density at radius 3 is 2.84 bits per heavy atom. The number of likely N-dealkylation sites (tertiary alicyclic amines) is 1. The van der Waals surface area contributed by atoms with Crippen LogP contribution in [0, 0.1) is 11.8 Å². The van der Waals surface area contributed by atoms with Gasteiger partial charge < -0.3 is 5.73 Å². The fourth-order valence-electron chi connectivity index (χ4n) is 3.47. The predicted octanol–water partition coefficient (Wildman–Crippen LogP) is 2.83. The highest BCUT2D eigenvalue weighted by Gasteiger charge is 2.38. The maximum atomic E-state index is 6.25. The van der Waals surface area contributed by atoms with Gasteiger partial charge in [0.15, 0.2) is 0 Å². The summed E-state index contributed by atoms with van der Waals surface area (Å²) in [5, 5.41) is 0. The van der Waals surface area contributed by atoms with Crippen molar-refractivity contribution in [2.24, 2.45) is 17.6 Å². The molecule has 106 valence electrons. The van der Waals surface area contributed by atoms with Gasteiger partial charge in [-0.3, -0.25) is 9.88 Å². The molecule has 0 bridgehead atoms. The first-order valence-corrected chi connectivity index (χ1v) is 7.60. The van der Waals surface area contributed by atoms with Crippen LogP contribution in [0.15, 0.2) is 22.8 Å². The van der Waals surface area contributed by atoms with Gasteiger partial charge in [-0.25, -0.2) is 0 Å². The Balaban J connectivity index is 0.00000133. The first kappa shape index (κ1) is 15.2. The van der Waals surface area contributed by atoms with Gasteiger partial charge in [0.05, 0.1) is 5.69 Å². The molecule has 1 saturated carbocycles. The van der Waals surface area contributed by atoms with Crippen molar-refractivity contribution in [3.05, 3.63) is 28.5 Å². The zero-order chi connectivity index (χ0) is 12.5. The first-order chi connectivity index (χ1) is 8.72. The molecule has 0 amide bonds. The van der Waals surface area contributed by atoms with E-state index >= 15 is 0 Å². The molecule has 1 aromatic heterocycles. The van der Waals surface area contributed by atoms with E-state index in [2.05, 4.69) is 37.9 Å². The summed E-state index contributed by atoms with van der Waals surface area (Å²) in [5.74, 6) is 1.54. The van der Waals surface area contributed by atoms with Crippen LogP contribution in [0.2, 0.25) is 0 Å². The van der Waals surface area contributed by atoms with E-state index in [9.17, 15) is 0 Å². The van der Waals surface area contributed by atoms with E-state index in [4.69, 9.17) is 5.73 Å². The van der Waals surface area contributed by atoms with Gasteiger partial charge in [-0.1, -0.05) is 6.42 Å². The third kappa shape index (κ3) is 3.48. The van der Waals surface area contributed by atoms with Gasteiger partial charge in [0, 0.05) is 36.3 Å². The summed E-state index contributed by atoms with van der Waals surface area (Å²) < 4.78 is 1.04. The lowest BCUT2D eigenvalue weighted by Crippen LogP contribution is -2.38. The summed E-state index contributed by atoms with van der Waals surface area (Å²) in [6.45, 7) is 3.33. The smallest absolute Gasteiger partial charge is 0.0544 e. The summed E-state index contributed by atoms with van der Waals surface area (Å²) in [6.07, 6.45) is 5.77. The van der Waals surface area contributed by atoms with E-state index in [1.54, 1.807) is 0 Å². The normalized spacial score (nSPS) is 30.7. The first-order valence-electron chi connectivity index (χ1n) is 6.81. The number of rotatable bonds is 2. The molecule has 2 N–H and O–H groups in total. The number of hydrogen-bond acceptors (Lipinski definition) is 3. The summed E-state index contributed by atoms with van der Waals surface area (Å²) in [4.78, 5) is 6.98. The molecule has 3 nitrogen and oxygen atoms in total. The fraction of sp³-hybridized carbons (Fsp3) is 0.643. The molecule has 2 fully saturated rings. The minimum absolute atomic E-state index is 0. The molecule has 5 heteroatoms. The lowest BCUT2D eigenvalue weighted by Gasteiger charge is -2.29.